The van der Waals surface area contributed by atoms with E-state index in [0.29, 0.717) is 53.1 Å². The van der Waals surface area contributed by atoms with Gasteiger partial charge in [0.1, 0.15) is 17.5 Å². The number of benzene rings is 1. The number of fused-ring (bicyclic) bond motifs is 1. The molecular formula is C29H43N5O5. The van der Waals surface area contributed by atoms with Crippen molar-refractivity contribution >= 4 is 23.3 Å². The fraction of sp³-hybridized carbons (Fsp3) is 0.621. The normalized spacial score (nSPS) is 21.1. The summed E-state index contributed by atoms with van der Waals surface area (Å²) in [4.78, 5) is 30.7. The van der Waals surface area contributed by atoms with Crippen molar-refractivity contribution in [3.63, 3.8) is 0 Å². The molecule has 3 atom stereocenters. The summed E-state index contributed by atoms with van der Waals surface area (Å²) in [5.41, 5.74) is 1.83. The van der Waals surface area contributed by atoms with Gasteiger partial charge < -0.3 is 34.8 Å². The first-order valence-electron chi connectivity index (χ1n) is 14.1. The molecule has 1 aromatic heterocycles. The van der Waals surface area contributed by atoms with Gasteiger partial charge in [0.15, 0.2) is 11.5 Å². The van der Waals surface area contributed by atoms with E-state index in [4.69, 9.17) is 9.26 Å². The lowest BCUT2D eigenvalue weighted by Gasteiger charge is -2.39. The lowest BCUT2D eigenvalue weighted by Crippen LogP contribution is -2.50. The maximum atomic E-state index is 13.7. The van der Waals surface area contributed by atoms with Gasteiger partial charge in [0.05, 0.1) is 23.9 Å². The van der Waals surface area contributed by atoms with E-state index in [1.807, 2.05) is 6.92 Å². The van der Waals surface area contributed by atoms with E-state index in [-0.39, 0.29) is 30.6 Å². The van der Waals surface area contributed by atoms with Gasteiger partial charge in [-0.3, -0.25) is 4.79 Å². The number of urea groups is 1. The average molecular weight is 542 g/mol. The van der Waals surface area contributed by atoms with Gasteiger partial charge in [-0.2, -0.15) is 0 Å². The van der Waals surface area contributed by atoms with Crippen molar-refractivity contribution in [3.05, 3.63) is 35.2 Å². The van der Waals surface area contributed by atoms with E-state index in [1.54, 1.807) is 36.9 Å². The van der Waals surface area contributed by atoms with Gasteiger partial charge in [-0.15, -0.1) is 0 Å². The lowest BCUT2D eigenvalue weighted by molar-refractivity contribution is 0.0333. The summed E-state index contributed by atoms with van der Waals surface area (Å²) in [6.45, 7) is 9.41. The molecule has 1 aromatic carbocycles. The zero-order valence-electron chi connectivity index (χ0n) is 23.8. The first-order chi connectivity index (χ1) is 18.7. The summed E-state index contributed by atoms with van der Waals surface area (Å²) in [5.74, 6) is 1.30. The van der Waals surface area contributed by atoms with Crippen molar-refractivity contribution in [2.45, 2.75) is 71.9 Å². The second kappa shape index (κ2) is 12.8. The Bertz CT molecular complexity index is 1130. The van der Waals surface area contributed by atoms with Crippen molar-refractivity contribution in [3.8, 4) is 5.75 Å². The number of nitrogens with one attached hydrogen (secondary N) is 2. The molecular weight excluding hydrogens is 498 g/mol. The van der Waals surface area contributed by atoms with Gasteiger partial charge in [-0.25, -0.2) is 4.79 Å². The first kappa shape index (κ1) is 28.9. The molecule has 1 saturated carbocycles. The van der Waals surface area contributed by atoms with Gasteiger partial charge >= 0.3 is 6.03 Å². The molecule has 3 amide bonds. The number of likely N-dealkylation sites (N-methyl/N-ethyl adjacent to an activating group) is 1. The Morgan fingerprint density at radius 3 is 2.62 bits per heavy atom. The van der Waals surface area contributed by atoms with Crippen LogP contribution >= 0.6 is 0 Å². The summed E-state index contributed by atoms with van der Waals surface area (Å²) < 4.78 is 11.8. The van der Waals surface area contributed by atoms with Crippen molar-refractivity contribution in [2.24, 2.45) is 11.8 Å². The predicted octanol–water partition coefficient (Wildman–Crippen LogP) is 4.67. The number of amides is 3. The maximum absolute atomic E-state index is 13.7. The highest BCUT2D eigenvalue weighted by molar-refractivity contribution is 6.04. The molecule has 0 unspecified atom stereocenters. The van der Waals surface area contributed by atoms with E-state index in [2.05, 4.69) is 34.7 Å². The Hall–Kier alpha value is -3.11. The molecule has 0 saturated heterocycles. The van der Waals surface area contributed by atoms with Crippen molar-refractivity contribution < 1.29 is 24.0 Å². The number of carbonyl (C=O) groups excluding carboxylic acids is 2. The quantitative estimate of drug-likeness (QED) is 0.444. The highest BCUT2D eigenvalue weighted by atomic mass is 16.5. The fourth-order valence-corrected chi connectivity index (χ4v) is 5.68. The number of aliphatic hydroxyl groups is 1. The molecule has 1 aliphatic heterocycles. The standard InChI is InChI=1S/C29H43N5O5/c1-18-14-34(19(2)17-35)28(36)23-12-9-13-24(30-29(37)31-26-20(3)32-39-21(26)4)27(23)38-25(18)16-33(5)15-22-10-7-6-8-11-22/h9,12-13,18-19,22,25,35H,6-8,10-11,14-17H2,1-5H3,(H2,30,31,37)/t18-,19+,25+/m0/s1. The van der Waals surface area contributed by atoms with E-state index in [1.165, 1.54) is 32.1 Å². The number of carbonyl (C=O) groups is 2. The number of anilines is 2. The molecule has 0 bridgehead atoms. The molecule has 0 spiro atoms. The Labute approximate surface area is 231 Å². The maximum Gasteiger partial charge on any atom is 0.323 e. The highest BCUT2D eigenvalue weighted by Gasteiger charge is 2.35. The number of rotatable bonds is 8. The molecule has 10 nitrogen and oxygen atoms in total. The Balaban J connectivity index is 1.61. The van der Waals surface area contributed by atoms with E-state index in [9.17, 15) is 14.7 Å². The number of ether oxygens (including phenoxy) is 1. The van der Waals surface area contributed by atoms with E-state index < -0.39 is 6.03 Å². The summed E-state index contributed by atoms with van der Waals surface area (Å²) in [6.07, 6.45) is 6.21. The molecule has 10 heteroatoms. The topological polar surface area (TPSA) is 120 Å². The number of aromatic nitrogens is 1. The number of aliphatic hydroxyl groups excluding tert-OH is 1. The largest absolute Gasteiger partial charge is 0.486 e. The number of hydrogen-bond donors (Lipinski definition) is 3. The number of aryl methyl sites for hydroxylation is 2. The molecule has 3 N–H and O–H groups in total. The van der Waals surface area contributed by atoms with Crippen LogP contribution in [0.25, 0.3) is 0 Å². The van der Waals surface area contributed by atoms with Crippen LogP contribution in [0.2, 0.25) is 0 Å². The van der Waals surface area contributed by atoms with Crippen molar-refractivity contribution in [1.82, 2.24) is 15.0 Å². The van der Waals surface area contributed by atoms with Crippen LogP contribution < -0.4 is 15.4 Å². The third kappa shape index (κ3) is 6.91. The van der Waals surface area contributed by atoms with Gasteiger partial charge in [0.25, 0.3) is 5.91 Å². The molecule has 1 aliphatic carbocycles. The minimum atomic E-state index is -0.490. The second-order valence-electron chi connectivity index (χ2n) is 11.3. The summed E-state index contributed by atoms with van der Waals surface area (Å²) in [7, 11) is 2.13. The molecule has 1 fully saturated rings. The molecule has 2 aromatic rings. The SMILES string of the molecule is Cc1noc(C)c1NC(=O)Nc1cccc2c1O[C@H](CN(C)CC1CCCCC1)[C@@H](C)CN([C@H](C)CO)C2=O. The molecule has 214 valence electrons. The minimum absolute atomic E-state index is 0.00547. The molecule has 0 radical (unpaired) electrons. The summed E-state index contributed by atoms with van der Waals surface area (Å²) in [5, 5.41) is 19.5. The fourth-order valence-electron chi connectivity index (χ4n) is 5.68. The van der Waals surface area contributed by atoms with Gasteiger partial charge in [0.2, 0.25) is 0 Å². The Morgan fingerprint density at radius 1 is 1.21 bits per heavy atom. The molecule has 39 heavy (non-hydrogen) atoms. The van der Waals surface area contributed by atoms with E-state index >= 15 is 0 Å². The highest BCUT2D eigenvalue weighted by Crippen LogP contribution is 2.35. The monoisotopic (exact) mass is 541 g/mol. The number of para-hydroxylation sites is 1. The third-order valence-corrected chi connectivity index (χ3v) is 8.00. The minimum Gasteiger partial charge on any atom is -0.486 e. The van der Waals surface area contributed by atoms with Crippen LogP contribution in [0.3, 0.4) is 0 Å². The van der Waals surface area contributed by atoms with Gasteiger partial charge in [-0.05, 0) is 58.7 Å². The lowest BCUT2D eigenvalue weighted by atomic mass is 9.89. The average Bonchev–Trinajstić information content (AvgIpc) is 3.23. The number of hydrogen-bond acceptors (Lipinski definition) is 7. The summed E-state index contributed by atoms with van der Waals surface area (Å²) in [6, 6.07) is 4.32. The first-order valence-corrected chi connectivity index (χ1v) is 14.1. The van der Waals surface area contributed by atoms with Crippen LogP contribution in [0, 0.1) is 25.7 Å². The van der Waals surface area contributed by atoms with Crippen LogP contribution in [0.15, 0.2) is 22.7 Å². The van der Waals surface area contributed by atoms with Gasteiger partial charge in [-0.1, -0.05) is 37.4 Å². The molecule has 2 aliphatic rings. The smallest absolute Gasteiger partial charge is 0.323 e. The summed E-state index contributed by atoms with van der Waals surface area (Å²) >= 11 is 0. The van der Waals surface area contributed by atoms with Crippen LogP contribution in [0.4, 0.5) is 16.2 Å². The van der Waals surface area contributed by atoms with Crippen molar-refractivity contribution in [1.29, 1.82) is 0 Å². The zero-order chi connectivity index (χ0) is 28.1. The predicted molar refractivity (Wildman–Crippen MR) is 150 cm³/mol. The van der Waals surface area contributed by atoms with Crippen LogP contribution in [0.1, 0.15) is 67.8 Å². The second-order valence-corrected chi connectivity index (χ2v) is 11.3. The Morgan fingerprint density at radius 2 is 1.95 bits per heavy atom. The molecule has 4 rings (SSSR count). The third-order valence-electron chi connectivity index (χ3n) is 8.00. The van der Waals surface area contributed by atoms with E-state index in [0.717, 1.165) is 6.54 Å². The van der Waals surface area contributed by atoms with Crippen LogP contribution in [-0.2, 0) is 0 Å². The van der Waals surface area contributed by atoms with Gasteiger partial charge in [0, 0.05) is 25.6 Å². The van der Waals surface area contributed by atoms with Crippen molar-refractivity contribution in [2.75, 3.05) is 43.9 Å². The Kier molecular flexibility index (Phi) is 9.50. The van der Waals surface area contributed by atoms with Crippen LogP contribution in [0.5, 0.6) is 5.75 Å². The number of nitrogens with zero attached hydrogens (tertiary/aromatic N) is 3. The van der Waals surface area contributed by atoms with Crippen LogP contribution in [-0.4, -0.2) is 77.4 Å². The molecule has 2 heterocycles. The zero-order valence-corrected chi connectivity index (χ0v) is 23.8.